The molecule has 1 aromatic heterocycles. The van der Waals surface area contributed by atoms with Gasteiger partial charge >= 0.3 is 0 Å². The van der Waals surface area contributed by atoms with Crippen LogP contribution in [-0.2, 0) is 0 Å². The van der Waals surface area contributed by atoms with Gasteiger partial charge in [-0.05, 0) is 69.5 Å². The minimum atomic E-state index is -0.103. The Bertz CT molecular complexity index is 1060. The Morgan fingerprint density at radius 2 is 1.60 bits per heavy atom. The smallest absolute Gasteiger partial charge is 0.255 e. The van der Waals surface area contributed by atoms with E-state index in [0.717, 1.165) is 47.1 Å². The van der Waals surface area contributed by atoms with Gasteiger partial charge in [0.1, 0.15) is 5.82 Å². The first-order chi connectivity index (χ1) is 14.5. The van der Waals surface area contributed by atoms with Crippen molar-refractivity contribution in [2.24, 2.45) is 0 Å². The van der Waals surface area contributed by atoms with E-state index in [2.05, 4.69) is 25.5 Å². The summed E-state index contributed by atoms with van der Waals surface area (Å²) in [6, 6.07) is 15.5. The van der Waals surface area contributed by atoms with E-state index in [0.29, 0.717) is 11.5 Å². The number of hydrogen-bond donors (Lipinski definition) is 2. The molecule has 0 atom stereocenters. The van der Waals surface area contributed by atoms with Gasteiger partial charge in [0.25, 0.3) is 5.91 Å². The molecule has 2 N–H and O–H groups in total. The molecule has 2 heterocycles. The van der Waals surface area contributed by atoms with Crippen LogP contribution in [0.5, 0.6) is 0 Å². The number of hydrogen-bond acceptors (Lipinski definition) is 5. The summed E-state index contributed by atoms with van der Waals surface area (Å²) >= 11 is 0. The van der Waals surface area contributed by atoms with Crippen LogP contribution in [0.2, 0.25) is 0 Å². The Balaban J connectivity index is 1.45. The third-order valence-electron chi connectivity index (χ3n) is 5.31. The molecule has 30 heavy (non-hydrogen) atoms. The molecule has 1 amide bonds. The molecule has 0 spiro atoms. The monoisotopic (exact) mass is 401 g/mol. The van der Waals surface area contributed by atoms with Crippen LogP contribution in [0.4, 0.5) is 23.1 Å². The number of nitrogens with zero attached hydrogens (tertiary/aromatic N) is 3. The molecule has 0 unspecified atom stereocenters. The number of benzene rings is 2. The number of nitrogens with one attached hydrogen (secondary N) is 2. The molecule has 2 aromatic carbocycles. The fourth-order valence-electron chi connectivity index (χ4n) is 3.66. The van der Waals surface area contributed by atoms with Gasteiger partial charge in [0.05, 0.1) is 0 Å². The molecule has 4 rings (SSSR count). The van der Waals surface area contributed by atoms with Gasteiger partial charge in [0.15, 0.2) is 0 Å². The summed E-state index contributed by atoms with van der Waals surface area (Å²) in [5.41, 5.74) is 5.28. The minimum Gasteiger partial charge on any atom is -0.356 e. The van der Waals surface area contributed by atoms with E-state index in [1.807, 2.05) is 69.3 Å². The van der Waals surface area contributed by atoms with Crippen LogP contribution in [0.25, 0.3) is 0 Å². The Kier molecular flexibility index (Phi) is 5.65. The molecule has 154 valence electrons. The van der Waals surface area contributed by atoms with Crippen molar-refractivity contribution in [1.29, 1.82) is 0 Å². The summed E-state index contributed by atoms with van der Waals surface area (Å²) in [4.78, 5) is 24.1. The summed E-state index contributed by atoms with van der Waals surface area (Å²) in [6.07, 6.45) is 2.42. The van der Waals surface area contributed by atoms with E-state index in [9.17, 15) is 4.79 Å². The fourth-order valence-corrected chi connectivity index (χ4v) is 3.66. The number of carbonyl (C=O) groups excluding carboxylic acids is 1. The fraction of sp³-hybridized carbons (Fsp3) is 0.292. The highest BCUT2D eigenvalue weighted by Crippen LogP contribution is 2.23. The predicted octanol–water partition coefficient (Wildman–Crippen LogP) is 5.00. The van der Waals surface area contributed by atoms with Crippen molar-refractivity contribution in [1.82, 2.24) is 9.97 Å². The van der Waals surface area contributed by atoms with Gasteiger partial charge in [-0.15, -0.1) is 0 Å². The number of anilines is 4. The molecule has 1 fully saturated rings. The third kappa shape index (κ3) is 4.59. The van der Waals surface area contributed by atoms with E-state index in [-0.39, 0.29) is 5.91 Å². The first kappa shape index (κ1) is 19.9. The highest BCUT2D eigenvalue weighted by molar-refractivity contribution is 6.05. The Hall–Kier alpha value is -3.41. The minimum absolute atomic E-state index is 0.103. The van der Waals surface area contributed by atoms with Crippen molar-refractivity contribution < 1.29 is 4.79 Å². The highest BCUT2D eigenvalue weighted by atomic mass is 16.1. The number of rotatable bonds is 5. The lowest BCUT2D eigenvalue weighted by atomic mass is 10.1. The summed E-state index contributed by atoms with van der Waals surface area (Å²) in [6.45, 7) is 8.01. The van der Waals surface area contributed by atoms with E-state index < -0.39 is 0 Å². The van der Waals surface area contributed by atoms with Gasteiger partial charge in [-0.2, -0.15) is 4.98 Å². The summed E-state index contributed by atoms with van der Waals surface area (Å²) in [5.74, 6) is 1.46. The zero-order chi connectivity index (χ0) is 21.1. The van der Waals surface area contributed by atoms with Gasteiger partial charge < -0.3 is 15.5 Å². The van der Waals surface area contributed by atoms with Gasteiger partial charge in [-0.3, -0.25) is 4.79 Å². The summed E-state index contributed by atoms with van der Waals surface area (Å²) in [5, 5.41) is 6.24. The van der Waals surface area contributed by atoms with Crippen LogP contribution in [0.15, 0.2) is 48.5 Å². The quantitative estimate of drug-likeness (QED) is 0.630. The molecular weight excluding hydrogens is 374 g/mol. The molecule has 0 aliphatic carbocycles. The van der Waals surface area contributed by atoms with Crippen molar-refractivity contribution in [3.05, 3.63) is 70.9 Å². The van der Waals surface area contributed by atoms with Crippen LogP contribution >= 0.6 is 0 Å². The van der Waals surface area contributed by atoms with Crippen molar-refractivity contribution in [2.45, 2.75) is 33.6 Å². The largest absolute Gasteiger partial charge is 0.356 e. The lowest BCUT2D eigenvalue weighted by Gasteiger charge is -2.17. The number of amides is 1. The van der Waals surface area contributed by atoms with Crippen molar-refractivity contribution >= 4 is 29.0 Å². The van der Waals surface area contributed by atoms with Crippen molar-refractivity contribution in [2.75, 3.05) is 28.6 Å². The van der Waals surface area contributed by atoms with E-state index >= 15 is 0 Å². The number of aryl methyl sites for hydroxylation is 3. The van der Waals surface area contributed by atoms with E-state index in [4.69, 9.17) is 0 Å². The third-order valence-corrected chi connectivity index (χ3v) is 5.31. The van der Waals surface area contributed by atoms with Crippen LogP contribution in [0, 0.1) is 20.8 Å². The maximum atomic E-state index is 12.6. The van der Waals surface area contributed by atoms with Gasteiger partial charge in [-0.25, -0.2) is 4.98 Å². The predicted molar refractivity (Wildman–Crippen MR) is 122 cm³/mol. The lowest BCUT2D eigenvalue weighted by Crippen LogP contribution is -2.19. The second kappa shape index (κ2) is 8.53. The van der Waals surface area contributed by atoms with Crippen LogP contribution in [0.1, 0.15) is 40.0 Å². The molecule has 0 saturated carbocycles. The van der Waals surface area contributed by atoms with Crippen molar-refractivity contribution in [3.8, 4) is 0 Å². The lowest BCUT2D eigenvalue weighted by molar-refractivity contribution is 0.102. The first-order valence-corrected chi connectivity index (χ1v) is 10.3. The molecule has 1 aliphatic heterocycles. The zero-order valence-corrected chi connectivity index (χ0v) is 17.7. The standard InChI is InChI=1S/C24H27N5O/c1-16-6-7-17(2)21(14-16)23(30)26-19-8-10-20(11-9-19)27-24-25-18(3)15-22(28-24)29-12-4-5-13-29/h6-11,14-15H,4-5,12-13H2,1-3H3,(H,26,30)(H,25,27,28). The number of aromatic nitrogens is 2. The van der Waals surface area contributed by atoms with Crippen molar-refractivity contribution in [3.63, 3.8) is 0 Å². The first-order valence-electron chi connectivity index (χ1n) is 10.3. The number of carbonyl (C=O) groups is 1. The van der Waals surface area contributed by atoms with Crippen LogP contribution < -0.4 is 15.5 Å². The molecule has 1 saturated heterocycles. The zero-order valence-electron chi connectivity index (χ0n) is 17.7. The van der Waals surface area contributed by atoms with E-state index in [1.165, 1.54) is 12.8 Å². The molecular formula is C24H27N5O. The second-order valence-corrected chi connectivity index (χ2v) is 7.86. The van der Waals surface area contributed by atoms with Gasteiger partial charge in [0, 0.05) is 41.8 Å². The molecule has 1 aliphatic rings. The topological polar surface area (TPSA) is 70.2 Å². The van der Waals surface area contributed by atoms with E-state index in [1.54, 1.807) is 0 Å². The maximum absolute atomic E-state index is 12.6. The SMILES string of the molecule is Cc1ccc(C)c(C(=O)Nc2ccc(Nc3nc(C)cc(N4CCCC4)n3)cc2)c1. The Labute approximate surface area is 177 Å². The average molecular weight is 402 g/mol. The normalized spacial score (nSPS) is 13.4. The van der Waals surface area contributed by atoms with Gasteiger partial charge in [0.2, 0.25) is 5.95 Å². The maximum Gasteiger partial charge on any atom is 0.255 e. The Morgan fingerprint density at radius 1 is 0.900 bits per heavy atom. The van der Waals surface area contributed by atoms with Crippen LogP contribution in [-0.4, -0.2) is 29.0 Å². The second-order valence-electron chi connectivity index (χ2n) is 7.86. The van der Waals surface area contributed by atoms with Crippen LogP contribution in [0.3, 0.4) is 0 Å². The molecule has 6 nitrogen and oxygen atoms in total. The Morgan fingerprint density at radius 3 is 2.33 bits per heavy atom. The molecule has 0 radical (unpaired) electrons. The molecule has 6 heteroatoms. The molecule has 3 aromatic rings. The summed E-state index contributed by atoms with van der Waals surface area (Å²) in [7, 11) is 0. The van der Waals surface area contributed by atoms with Gasteiger partial charge in [-0.1, -0.05) is 17.7 Å². The summed E-state index contributed by atoms with van der Waals surface area (Å²) < 4.78 is 0. The highest BCUT2D eigenvalue weighted by Gasteiger charge is 2.15. The average Bonchev–Trinajstić information content (AvgIpc) is 3.26. The molecule has 0 bridgehead atoms.